The minimum Gasteiger partial charge on any atom is -0.484 e. The van der Waals surface area contributed by atoms with E-state index >= 15 is 0 Å². The number of anilines is 1. The number of carboxylic acid groups (broad SMARTS) is 1. The van der Waals surface area contributed by atoms with Crippen molar-refractivity contribution < 1.29 is 19.4 Å². The van der Waals surface area contributed by atoms with E-state index in [4.69, 9.17) is 22.1 Å². The molecule has 2 rings (SSSR count). The van der Waals surface area contributed by atoms with Crippen LogP contribution < -0.4 is 15.4 Å². The fourth-order valence-corrected chi connectivity index (χ4v) is 2.39. The van der Waals surface area contributed by atoms with Gasteiger partial charge in [0.2, 0.25) is 0 Å². The van der Waals surface area contributed by atoms with E-state index in [2.05, 4.69) is 26.6 Å². The van der Waals surface area contributed by atoms with E-state index in [-0.39, 0.29) is 11.7 Å². The average molecular weight is 435 g/mol. The summed E-state index contributed by atoms with van der Waals surface area (Å²) in [5.74, 6) is -0.857. The number of rotatable bonds is 6. The predicted octanol–water partition coefficient (Wildman–Crippen LogP) is 3.44. The van der Waals surface area contributed by atoms with Crippen molar-refractivity contribution in [2.24, 2.45) is 0 Å². The summed E-state index contributed by atoms with van der Waals surface area (Å²) in [5.41, 5.74) is 1.31. The SMILES string of the molecule is O=C(O)/C=C/c1cccc(NC(=S)NC(=O)COc2ccc(Br)cc2)c1. The molecule has 0 bridgehead atoms. The second-order valence-electron chi connectivity index (χ2n) is 5.04. The van der Waals surface area contributed by atoms with Crippen molar-refractivity contribution in [3.8, 4) is 5.75 Å². The molecule has 0 saturated heterocycles. The number of carbonyl (C=O) groups is 2. The van der Waals surface area contributed by atoms with Gasteiger partial charge in [0.25, 0.3) is 5.91 Å². The third kappa shape index (κ3) is 7.04. The molecule has 0 aliphatic carbocycles. The van der Waals surface area contributed by atoms with Crippen LogP contribution >= 0.6 is 28.1 Å². The Hall–Kier alpha value is -2.71. The molecule has 0 fully saturated rings. The molecule has 0 aliphatic heterocycles. The Morgan fingerprint density at radius 3 is 2.62 bits per heavy atom. The Morgan fingerprint density at radius 1 is 1.19 bits per heavy atom. The van der Waals surface area contributed by atoms with Gasteiger partial charge in [0, 0.05) is 16.2 Å². The van der Waals surface area contributed by atoms with Crippen molar-refractivity contribution in [3.63, 3.8) is 0 Å². The van der Waals surface area contributed by atoms with Crippen molar-refractivity contribution in [1.29, 1.82) is 0 Å². The van der Waals surface area contributed by atoms with Crippen molar-refractivity contribution in [2.45, 2.75) is 0 Å². The molecule has 26 heavy (non-hydrogen) atoms. The molecule has 6 nitrogen and oxygen atoms in total. The van der Waals surface area contributed by atoms with E-state index in [1.54, 1.807) is 36.4 Å². The van der Waals surface area contributed by atoms with Gasteiger partial charge in [-0.3, -0.25) is 10.1 Å². The predicted molar refractivity (Wildman–Crippen MR) is 107 cm³/mol. The first-order chi connectivity index (χ1) is 12.4. The number of hydrogen-bond donors (Lipinski definition) is 3. The molecule has 2 aromatic carbocycles. The zero-order valence-corrected chi connectivity index (χ0v) is 15.8. The fourth-order valence-electron chi connectivity index (χ4n) is 1.89. The Bertz CT molecular complexity index is 837. The lowest BCUT2D eigenvalue weighted by Crippen LogP contribution is -2.37. The Labute approximate surface area is 164 Å². The zero-order valence-electron chi connectivity index (χ0n) is 13.4. The molecule has 0 radical (unpaired) electrons. The summed E-state index contributed by atoms with van der Waals surface area (Å²) in [5, 5.41) is 14.1. The van der Waals surface area contributed by atoms with E-state index in [1.807, 2.05) is 12.1 Å². The molecule has 0 unspecified atom stereocenters. The first-order valence-corrected chi connectivity index (χ1v) is 8.63. The molecule has 0 heterocycles. The highest BCUT2D eigenvalue weighted by atomic mass is 79.9. The molecular formula is C18H15BrN2O4S. The Balaban J connectivity index is 1.84. The highest BCUT2D eigenvalue weighted by Gasteiger charge is 2.06. The molecule has 0 saturated carbocycles. The number of carbonyl (C=O) groups excluding carboxylic acids is 1. The third-order valence-corrected chi connectivity index (χ3v) is 3.73. The summed E-state index contributed by atoms with van der Waals surface area (Å²) in [6.45, 7) is -0.176. The van der Waals surface area contributed by atoms with E-state index in [0.29, 0.717) is 17.0 Å². The molecular weight excluding hydrogens is 420 g/mol. The number of thiocarbonyl (C=S) groups is 1. The summed E-state index contributed by atoms with van der Waals surface area (Å²) in [6, 6.07) is 14.0. The smallest absolute Gasteiger partial charge is 0.328 e. The molecule has 8 heteroatoms. The summed E-state index contributed by atoms with van der Waals surface area (Å²) in [4.78, 5) is 22.4. The summed E-state index contributed by atoms with van der Waals surface area (Å²) >= 11 is 8.41. The quantitative estimate of drug-likeness (QED) is 0.476. The highest BCUT2D eigenvalue weighted by molar-refractivity contribution is 9.10. The van der Waals surface area contributed by atoms with Crippen LogP contribution in [0.15, 0.2) is 59.1 Å². The maximum atomic E-state index is 11.9. The lowest BCUT2D eigenvalue weighted by molar-refractivity contribution is -0.131. The number of ether oxygens (including phenoxy) is 1. The van der Waals surface area contributed by atoms with Crippen LogP contribution in [0, 0.1) is 0 Å². The normalized spacial score (nSPS) is 10.3. The van der Waals surface area contributed by atoms with E-state index < -0.39 is 11.9 Å². The number of amides is 1. The molecule has 134 valence electrons. The standard InChI is InChI=1S/C18H15BrN2O4S/c19-13-5-7-15(8-6-13)25-11-16(22)21-18(26)20-14-3-1-2-12(10-14)4-9-17(23)24/h1-10H,11H2,(H,23,24)(H2,20,21,22,26)/b9-4+. The summed E-state index contributed by atoms with van der Waals surface area (Å²) in [6.07, 6.45) is 2.50. The van der Waals surface area contributed by atoms with Crippen LogP contribution in [0.3, 0.4) is 0 Å². The first kappa shape index (κ1) is 19.6. The molecule has 2 aromatic rings. The summed E-state index contributed by atoms with van der Waals surface area (Å²) < 4.78 is 6.28. The van der Waals surface area contributed by atoms with Crippen LogP contribution in [-0.2, 0) is 9.59 Å². The fraction of sp³-hybridized carbons (Fsp3) is 0.0556. The minimum atomic E-state index is -1.03. The number of carboxylic acids is 1. The van der Waals surface area contributed by atoms with Crippen LogP contribution in [0.1, 0.15) is 5.56 Å². The van der Waals surface area contributed by atoms with Gasteiger partial charge in [-0.2, -0.15) is 0 Å². The molecule has 0 atom stereocenters. The molecule has 1 amide bonds. The number of nitrogens with one attached hydrogen (secondary N) is 2. The second kappa shape index (κ2) is 9.69. The maximum absolute atomic E-state index is 11.9. The van der Waals surface area contributed by atoms with Gasteiger partial charge in [0.15, 0.2) is 11.7 Å². The lowest BCUT2D eigenvalue weighted by atomic mass is 10.2. The highest BCUT2D eigenvalue weighted by Crippen LogP contribution is 2.16. The lowest BCUT2D eigenvalue weighted by Gasteiger charge is -2.11. The topological polar surface area (TPSA) is 87.7 Å². The van der Waals surface area contributed by atoms with Crippen molar-refractivity contribution in [3.05, 3.63) is 64.6 Å². The minimum absolute atomic E-state index is 0.119. The third-order valence-electron chi connectivity index (χ3n) is 3.00. The van der Waals surface area contributed by atoms with Crippen LogP contribution in [0.5, 0.6) is 5.75 Å². The Morgan fingerprint density at radius 2 is 1.92 bits per heavy atom. The van der Waals surface area contributed by atoms with Crippen LogP contribution in [0.2, 0.25) is 0 Å². The van der Waals surface area contributed by atoms with Gasteiger partial charge in [-0.25, -0.2) is 4.79 Å². The monoisotopic (exact) mass is 434 g/mol. The van der Waals surface area contributed by atoms with E-state index in [0.717, 1.165) is 10.5 Å². The maximum Gasteiger partial charge on any atom is 0.328 e. The largest absolute Gasteiger partial charge is 0.484 e. The first-order valence-electron chi connectivity index (χ1n) is 7.42. The van der Waals surface area contributed by atoms with Gasteiger partial charge < -0.3 is 15.2 Å². The van der Waals surface area contributed by atoms with Gasteiger partial charge in [0.1, 0.15) is 5.75 Å². The van der Waals surface area contributed by atoms with Gasteiger partial charge in [0.05, 0.1) is 0 Å². The zero-order chi connectivity index (χ0) is 18.9. The van der Waals surface area contributed by atoms with Gasteiger partial charge >= 0.3 is 5.97 Å². The van der Waals surface area contributed by atoms with Crippen LogP contribution in [0.25, 0.3) is 6.08 Å². The number of hydrogen-bond acceptors (Lipinski definition) is 4. The van der Waals surface area contributed by atoms with Crippen molar-refractivity contribution >= 4 is 56.9 Å². The number of aliphatic carboxylic acids is 1. The molecule has 0 spiro atoms. The van der Waals surface area contributed by atoms with Crippen molar-refractivity contribution in [1.82, 2.24) is 5.32 Å². The molecule has 0 aliphatic rings. The number of halogens is 1. The van der Waals surface area contributed by atoms with Crippen LogP contribution in [-0.4, -0.2) is 28.7 Å². The molecule has 3 N–H and O–H groups in total. The van der Waals surface area contributed by atoms with Gasteiger partial charge in [-0.15, -0.1) is 0 Å². The number of benzene rings is 2. The Kier molecular flexibility index (Phi) is 7.31. The van der Waals surface area contributed by atoms with E-state index in [1.165, 1.54) is 6.08 Å². The van der Waals surface area contributed by atoms with Gasteiger partial charge in [-0.1, -0.05) is 28.1 Å². The van der Waals surface area contributed by atoms with Gasteiger partial charge in [-0.05, 0) is 60.3 Å². The van der Waals surface area contributed by atoms with E-state index in [9.17, 15) is 9.59 Å². The second-order valence-corrected chi connectivity index (χ2v) is 6.37. The average Bonchev–Trinajstić information content (AvgIpc) is 2.59. The van der Waals surface area contributed by atoms with Crippen molar-refractivity contribution in [2.75, 3.05) is 11.9 Å². The van der Waals surface area contributed by atoms with Crippen LogP contribution in [0.4, 0.5) is 5.69 Å². The molecule has 0 aromatic heterocycles. The summed E-state index contributed by atoms with van der Waals surface area (Å²) in [7, 11) is 0.